The SMILES string of the molecule is C#CCN(C)CCOc1ccc(N)cc1. The Labute approximate surface area is 90.8 Å². The number of terminal acetylenes is 1. The second-order valence-electron chi connectivity index (χ2n) is 3.36. The van der Waals surface area contributed by atoms with Gasteiger partial charge in [0.15, 0.2) is 0 Å². The van der Waals surface area contributed by atoms with E-state index in [-0.39, 0.29) is 0 Å². The van der Waals surface area contributed by atoms with Crippen molar-refractivity contribution in [3.63, 3.8) is 0 Å². The Morgan fingerprint density at radius 3 is 2.67 bits per heavy atom. The van der Waals surface area contributed by atoms with E-state index in [0.29, 0.717) is 13.2 Å². The zero-order valence-electron chi connectivity index (χ0n) is 8.94. The lowest BCUT2D eigenvalue weighted by Crippen LogP contribution is -2.24. The number of nitrogens with zero attached hydrogens (tertiary/aromatic N) is 1. The molecule has 0 spiro atoms. The third-order valence-electron chi connectivity index (χ3n) is 1.98. The van der Waals surface area contributed by atoms with Crippen LogP contribution in [0.2, 0.25) is 0 Å². The fourth-order valence-corrected chi connectivity index (χ4v) is 1.12. The number of nitrogen functional groups attached to an aromatic ring is 1. The number of likely N-dealkylation sites (N-methyl/N-ethyl adjacent to an activating group) is 1. The zero-order chi connectivity index (χ0) is 11.1. The van der Waals surface area contributed by atoms with Crippen LogP contribution < -0.4 is 10.5 Å². The zero-order valence-corrected chi connectivity index (χ0v) is 8.94. The molecule has 1 rings (SSSR count). The van der Waals surface area contributed by atoms with Crippen LogP contribution in [0.15, 0.2) is 24.3 Å². The molecule has 0 heterocycles. The van der Waals surface area contributed by atoms with Crippen molar-refractivity contribution in [1.82, 2.24) is 4.90 Å². The smallest absolute Gasteiger partial charge is 0.119 e. The van der Waals surface area contributed by atoms with Crippen molar-refractivity contribution in [2.24, 2.45) is 0 Å². The molecule has 0 aliphatic heterocycles. The largest absolute Gasteiger partial charge is 0.492 e. The molecule has 0 saturated carbocycles. The molecule has 15 heavy (non-hydrogen) atoms. The summed E-state index contributed by atoms with van der Waals surface area (Å²) in [6, 6.07) is 7.36. The molecule has 0 radical (unpaired) electrons. The van der Waals surface area contributed by atoms with Gasteiger partial charge in [0.05, 0.1) is 6.54 Å². The first-order valence-corrected chi connectivity index (χ1v) is 4.82. The molecule has 1 aromatic rings. The van der Waals surface area contributed by atoms with Gasteiger partial charge in [-0.3, -0.25) is 4.90 Å². The molecule has 0 fully saturated rings. The monoisotopic (exact) mass is 204 g/mol. The molecular weight excluding hydrogens is 188 g/mol. The van der Waals surface area contributed by atoms with Crippen molar-refractivity contribution in [3.8, 4) is 18.1 Å². The Hall–Kier alpha value is -1.66. The summed E-state index contributed by atoms with van der Waals surface area (Å²) in [6.07, 6.45) is 5.18. The lowest BCUT2D eigenvalue weighted by molar-refractivity contribution is 0.251. The van der Waals surface area contributed by atoms with E-state index in [1.807, 2.05) is 36.2 Å². The van der Waals surface area contributed by atoms with Gasteiger partial charge in [-0.25, -0.2) is 0 Å². The summed E-state index contributed by atoms with van der Waals surface area (Å²) in [6.45, 7) is 2.09. The second-order valence-corrected chi connectivity index (χ2v) is 3.36. The maximum atomic E-state index is 5.56. The van der Waals surface area contributed by atoms with E-state index in [4.69, 9.17) is 16.9 Å². The Morgan fingerprint density at radius 2 is 2.07 bits per heavy atom. The van der Waals surface area contributed by atoms with Crippen molar-refractivity contribution < 1.29 is 4.74 Å². The van der Waals surface area contributed by atoms with Gasteiger partial charge in [0, 0.05) is 12.2 Å². The van der Waals surface area contributed by atoms with Crippen LogP contribution >= 0.6 is 0 Å². The van der Waals surface area contributed by atoms with Gasteiger partial charge in [-0.1, -0.05) is 5.92 Å². The van der Waals surface area contributed by atoms with Crippen LogP contribution in [0, 0.1) is 12.3 Å². The van der Waals surface area contributed by atoms with E-state index in [1.54, 1.807) is 0 Å². The summed E-state index contributed by atoms with van der Waals surface area (Å²) in [5, 5.41) is 0. The number of rotatable bonds is 5. The summed E-state index contributed by atoms with van der Waals surface area (Å²) in [5.74, 6) is 3.41. The minimum atomic E-state index is 0.627. The van der Waals surface area contributed by atoms with Crippen LogP contribution in [0.4, 0.5) is 5.69 Å². The van der Waals surface area contributed by atoms with Crippen LogP contribution in [-0.2, 0) is 0 Å². The van der Waals surface area contributed by atoms with Crippen LogP contribution in [0.5, 0.6) is 5.75 Å². The summed E-state index contributed by atoms with van der Waals surface area (Å²) < 4.78 is 5.51. The van der Waals surface area contributed by atoms with E-state index in [1.165, 1.54) is 0 Å². The fourth-order valence-electron chi connectivity index (χ4n) is 1.12. The first-order chi connectivity index (χ1) is 7.22. The Bertz CT molecular complexity index is 326. The van der Waals surface area contributed by atoms with Gasteiger partial charge in [-0.15, -0.1) is 6.42 Å². The van der Waals surface area contributed by atoms with Crippen LogP contribution in [0.1, 0.15) is 0 Å². The highest BCUT2D eigenvalue weighted by Crippen LogP contribution is 2.12. The van der Waals surface area contributed by atoms with Gasteiger partial charge in [0.2, 0.25) is 0 Å². The minimum Gasteiger partial charge on any atom is -0.492 e. The molecule has 1 aromatic carbocycles. The molecule has 0 bridgehead atoms. The molecular formula is C12H16N2O. The molecule has 0 amide bonds. The van der Waals surface area contributed by atoms with E-state index in [0.717, 1.165) is 18.0 Å². The third-order valence-corrected chi connectivity index (χ3v) is 1.98. The predicted molar refractivity (Wildman–Crippen MR) is 62.7 cm³/mol. The molecule has 0 aliphatic carbocycles. The second kappa shape index (κ2) is 5.94. The number of hydrogen-bond acceptors (Lipinski definition) is 3. The average molecular weight is 204 g/mol. The minimum absolute atomic E-state index is 0.627. The summed E-state index contributed by atoms with van der Waals surface area (Å²) in [4.78, 5) is 2.03. The van der Waals surface area contributed by atoms with Gasteiger partial charge in [0.25, 0.3) is 0 Å². The Kier molecular flexibility index (Phi) is 4.52. The normalized spacial score (nSPS) is 9.93. The van der Waals surface area contributed by atoms with Crippen molar-refractivity contribution in [2.45, 2.75) is 0 Å². The molecule has 0 saturated heterocycles. The molecule has 0 aliphatic rings. The molecule has 3 heteroatoms. The van der Waals surface area contributed by atoms with E-state index in [2.05, 4.69) is 5.92 Å². The number of hydrogen-bond donors (Lipinski definition) is 1. The summed E-state index contributed by atoms with van der Waals surface area (Å²) in [5.41, 5.74) is 6.30. The molecule has 80 valence electrons. The van der Waals surface area contributed by atoms with Crippen molar-refractivity contribution in [1.29, 1.82) is 0 Å². The fraction of sp³-hybridized carbons (Fsp3) is 0.333. The molecule has 0 atom stereocenters. The summed E-state index contributed by atoms with van der Waals surface area (Å²) >= 11 is 0. The molecule has 3 nitrogen and oxygen atoms in total. The maximum Gasteiger partial charge on any atom is 0.119 e. The van der Waals surface area contributed by atoms with E-state index in [9.17, 15) is 0 Å². The highest BCUT2D eigenvalue weighted by Gasteiger charge is 1.96. The van der Waals surface area contributed by atoms with Gasteiger partial charge < -0.3 is 10.5 Å². The number of nitrogens with two attached hydrogens (primary N) is 1. The first kappa shape index (κ1) is 11.4. The van der Waals surface area contributed by atoms with Crippen molar-refractivity contribution in [2.75, 3.05) is 32.5 Å². The van der Waals surface area contributed by atoms with Crippen molar-refractivity contribution >= 4 is 5.69 Å². The number of ether oxygens (including phenoxy) is 1. The van der Waals surface area contributed by atoms with Gasteiger partial charge in [-0.05, 0) is 31.3 Å². The van der Waals surface area contributed by atoms with Crippen LogP contribution in [-0.4, -0.2) is 31.6 Å². The van der Waals surface area contributed by atoms with Gasteiger partial charge >= 0.3 is 0 Å². The van der Waals surface area contributed by atoms with E-state index < -0.39 is 0 Å². The topological polar surface area (TPSA) is 38.5 Å². The van der Waals surface area contributed by atoms with Crippen LogP contribution in [0.3, 0.4) is 0 Å². The van der Waals surface area contributed by atoms with Gasteiger partial charge in [-0.2, -0.15) is 0 Å². The van der Waals surface area contributed by atoms with Crippen molar-refractivity contribution in [3.05, 3.63) is 24.3 Å². The molecule has 0 unspecified atom stereocenters. The summed E-state index contributed by atoms with van der Waals surface area (Å²) in [7, 11) is 1.96. The van der Waals surface area contributed by atoms with E-state index >= 15 is 0 Å². The third kappa shape index (κ3) is 4.39. The number of anilines is 1. The molecule has 2 N–H and O–H groups in total. The number of benzene rings is 1. The predicted octanol–water partition coefficient (Wildman–Crippen LogP) is 1.21. The lowest BCUT2D eigenvalue weighted by atomic mass is 10.3. The average Bonchev–Trinajstić information content (AvgIpc) is 2.21. The lowest BCUT2D eigenvalue weighted by Gasteiger charge is -2.13. The Morgan fingerprint density at radius 1 is 1.40 bits per heavy atom. The molecule has 0 aromatic heterocycles. The Balaban J connectivity index is 2.26. The van der Waals surface area contributed by atoms with Crippen LogP contribution in [0.25, 0.3) is 0 Å². The first-order valence-electron chi connectivity index (χ1n) is 4.82. The highest BCUT2D eigenvalue weighted by atomic mass is 16.5. The van der Waals surface area contributed by atoms with Gasteiger partial charge in [0.1, 0.15) is 12.4 Å². The standard InChI is InChI=1S/C12H16N2O/c1-3-8-14(2)9-10-15-12-6-4-11(13)5-7-12/h1,4-7H,8-10,13H2,2H3. The maximum absolute atomic E-state index is 5.56. The quantitative estimate of drug-likeness (QED) is 0.579. The highest BCUT2D eigenvalue weighted by molar-refractivity contribution is 5.41.